The Hall–Kier alpha value is -2.65. The molecule has 0 heterocycles. The van der Waals surface area contributed by atoms with Crippen molar-refractivity contribution in [1.82, 2.24) is 0 Å². The van der Waals surface area contributed by atoms with E-state index in [0.29, 0.717) is 29.4 Å². The molecule has 0 aliphatic heterocycles. The minimum atomic E-state index is -0.944. The predicted octanol–water partition coefficient (Wildman–Crippen LogP) is 5.27. The third-order valence-electron chi connectivity index (χ3n) is 9.02. The van der Waals surface area contributed by atoms with E-state index >= 15 is 0 Å². The lowest BCUT2D eigenvalue weighted by Gasteiger charge is -2.54. The van der Waals surface area contributed by atoms with Gasteiger partial charge in [0.1, 0.15) is 5.60 Å². The third-order valence-corrected chi connectivity index (χ3v) is 9.02. The van der Waals surface area contributed by atoms with Crippen molar-refractivity contribution >= 4 is 11.4 Å². The summed E-state index contributed by atoms with van der Waals surface area (Å²) in [7, 11) is 0. The van der Waals surface area contributed by atoms with Gasteiger partial charge < -0.3 is 9.94 Å². The van der Waals surface area contributed by atoms with Gasteiger partial charge in [-0.25, -0.2) is 0 Å². The lowest BCUT2D eigenvalue weighted by molar-refractivity contribution is -0.384. The fourth-order valence-electron chi connectivity index (χ4n) is 7.26. The van der Waals surface area contributed by atoms with Crippen molar-refractivity contribution in [3.8, 4) is 18.1 Å². The van der Waals surface area contributed by atoms with Crippen LogP contribution < -0.4 is 4.84 Å². The van der Waals surface area contributed by atoms with E-state index in [1.165, 1.54) is 17.7 Å². The zero-order valence-corrected chi connectivity index (χ0v) is 18.5. The maximum Gasteiger partial charge on any atom is 0.269 e. The van der Waals surface area contributed by atoms with Crippen molar-refractivity contribution < 1.29 is 14.9 Å². The van der Waals surface area contributed by atoms with Crippen LogP contribution in [-0.2, 0) is 0 Å². The number of nitro groups is 1. The van der Waals surface area contributed by atoms with Crippen LogP contribution in [0.25, 0.3) is 0 Å². The van der Waals surface area contributed by atoms with Crippen molar-refractivity contribution in [3.05, 3.63) is 46.0 Å². The molecule has 168 valence electrons. The Bertz CT molecular complexity index is 1020. The molecular weight excluding hydrogens is 404 g/mol. The number of nitro benzene ring substituents is 1. The predicted molar refractivity (Wildman–Crippen MR) is 122 cm³/mol. The topological polar surface area (TPSA) is 85.0 Å². The van der Waals surface area contributed by atoms with Crippen LogP contribution in [0.3, 0.4) is 0 Å². The molecule has 4 aliphatic rings. The molecule has 32 heavy (non-hydrogen) atoms. The van der Waals surface area contributed by atoms with E-state index in [2.05, 4.69) is 24.1 Å². The average molecular weight is 435 g/mol. The van der Waals surface area contributed by atoms with Crippen LogP contribution in [0.15, 0.2) is 41.1 Å². The Labute approximate surface area is 188 Å². The highest BCUT2D eigenvalue weighted by Gasteiger charge is 2.61. The van der Waals surface area contributed by atoms with Gasteiger partial charge in [-0.05, 0) is 93.2 Å². The number of aliphatic hydroxyl groups is 1. The molecule has 0 aromatic heterocycles. The number of oxime groups is 1. The largest absolute Gasteiger partial charge is 0.377 e. The average Bonchev–Trinajstić information content (AvgIpc) is 3.08. The quantitative estimate of drug-likeness (QED) is 0.399. The molecule has 1 aromatic carbocycles. The molecule has 0 amide bonds. The zero-order valence-electron chi connectivity index (χ0n) is 18.5. The maximum atomic E-state index is 11.1. The number of hydrogen-bond acceptors (Lipinski definition) is 5. The zero-order chi connectivity index (χ0) is 22.5. The van der Waals surface area contributed by atoms with E-state index < -0.39 is 10.5 Å². The molecule has 1 aromatic rings. The molecule has 5 rings (SSSR count). The number of non-ortho nitro benzene ring substituents is 1. The van der Waals surface area contributed by atoms with Gasteiger partial charge in [0, 0.05) is 17.5 Å². The van der Waals surface area contributed by atoms with Crippen molar-refractivity contribution in [2.45, 2.75) is 63.9 Å². The Morgan fingerprint density at radius 1 is 1.16 bits per heavy atom. The first-order chi connectivity index (χ1) is 15.3. The van der Waals surface area contributed by atoms with Crippen molar-refractivity contribution in [2.75, 3.05) is 0 Å². The number of rotatable bonds is 3. The summed E-state index contributed by atoms with van der Waals surface area (Å²) >= 11 is 0. The monoisotopic (exact) mass is 434 g/mol. The van der Waals surface area contributed by atoms with E-state index in [4.69, 9.17) is 11.3 Å². The molecule has 4 aliphatic carbocycles. The summed E-state index contributed by atoms with van der Waals surface area (Å²) in [6, 6.07) is 5.99. The van der Waals surface area contributed by atoms with Gasteiger partial charge in [-0.2, -0.15) is 0 Å². The summed E-state index contributed by atoms with van der Waals surface area (Å²) in [6.07, 6.45) is 16.1. The van der Waals surface area contributed by atoms with Gasteiger partial charge in [0.05, 0.1) is 10.6 Å². The molecule has 0 bridgehead atoms. The second kappa shape index (κ2) is 7.74. The first-order valence-electron chi connectivity index (χ1n) is 11.7. The minimum Gasteiger partial charge on any atom is -0.377 e. The summed E-state index contributed by atoms with van der Waals surface area (Å²) in [6.45, 7) is 2.23. The van der Waals surface area contributed by atoms with Crippen LogP contribution in [0.1, 0.15) is 58.3 Å². The molecule has 0 unspecified atom stereocenters. The smallest absolute Gasteiger partial charge is 0.269 e. The normalized spacial score (nSPS) is 39.3. The van der Waals surface area contributed by atoms with Crippen LogP contribution >= 0.6 is 0 Å². The molecule has 6 nitrogen and oxygen atoms in total. The Morgan fingerprint density at radius 3 is 2.66 bits per heavy atom. The molecule has 0 radical (unpaired) electrons. The van der Waals surface area contributed by atoms with Crippen LogP contribution in [0.5, 0.6) is 5.75 Å². The summed E-state index contributed by atoms with van der Waals surface area (Å²) in [4.78, 5) is 15.9. The number of benzene rings is 1. The van der Waals surface area contributed by atoms with E-state index in [-0.39, 0.29) is 11.1 Å². The first kappa shape index (κ1) is 21.2. The molecule has 1 N–H and O–H groups in total. The van der Waals surface area contributed by atoms with Gasteiger partial charge in [-0.3, -0.25) is 10.1 Å². The minimum absolute atomic E-state index is 0.0379. The molecule has 6 atom stereocenters. The Morgan fingerprint density at radius 2 is 1.94 bits per heavy atom. The third kappa shape index (κ3) is 3.26. The van der Waals surface area contributed by atoms with Gasteiger partial charge in [-0.1, -0.05) is 23.6 Å². The molecule has 0 spiro atoms. The van der Waals surface area contributed by atoms with Crippen LogP contribution in [0.4, 0.5) is 5.69 Å². The SMILES string of the molecule is C#C[C@]1(O)CC[C@H]2[C@@H]3CCC4=C/C(=N\Oc5ccc([N+](=O)[O-])cc5)CC[C@@H]4[C@H]3CC[C@@]21C. The second-order valence-electron chi connectivity index (χ2n) is 10.3. The lowest BCUT2D eigenvalue weighted by atomic mass is 9.50. The van der Waals surface area contributed by atoms with Crippen molar-refractivity contribution in [3.63, 3.8) is 0 Å². The summed E-state index contributed by atoms with van der Waals surface area (Å²) < 4.78 is 0. The van der Waals surface area contributed by atoms with Gasteiger partial charge in [-0.15, -0.1) is 6.42 Å². The van der Waals surface area contributed by atoms with Crippen molar-refractivity contribution in [1.29, 1.82) is 0 Å². The number of fused-ring (bicyclic) bond motifs is 5. The van der Waals surface area contributed by atoms with Crippen LogP contribution in [0.2, 0.25) is 0 Å². The second-order valence-corrected chi connectivity index (χ2v) is 10.3. The molecule has 6 heteroatoms. The fourth-order valence-corrected chi connectivity index (χ4v) is 7.26. The molecule has 3 saturated carbocycles. The Balaban J connectivity index is 1.29. The number of terminal acetylenes is 1. The first-order valence-corrected chi connectivity index (χ1v) is 11.7. The summed E-state index contributed by atoms with van der Waals surface area (Å²) in [5.41, 5.74) is 1.37. The number of hydrogen-bond donors (Lipinski definition) is 1. The van der Waals surface area contributed by atoms with Gasteiger partial charge in [0.15, 0.2) is 5.75 Å². The van der Waals surface area contributed by atoms with Crippen LogP contribution in [0, 0.1) is 51.5 Å². The highest BCUT2D eigenvalue weighted by atomic mass is 16.6. The summed E-state index contributed by atoms with van der Waals surface area (Å²) in [5.74, 6) is 5.69. The standard InChI is InChI=1S/C26H30N2O4/c1-3-26(29)15-13-24-23-10-4-17-16-18(5-11-21(17)22(23)12-14-25(24,26)2)27-32-20-8-6-19(7-9-20)28(30)31/h1,6-9,16,21-24,29H,4-5,10-15H2,2H3/b27-18-/t21-,22+,23+,24-,25-,26-/m0/s1. The van der Waals surface area contributed by atoms with Gasteiger partial charge in [0.2, 0.25) is 0 Å². The van der Waals surface area contributed by atoms with E-state index in [9.17, 15) is 15.2 Å². The van der Waals surface area contributed by atoms with Gasteiger partial charge in [0.25, 0.3) is 5.69 Å². The number of nitrogens with zero attached hydrogens (tertiary/aromatic N) is 2. The summed E-state index contributed by atoms with van der Waals surface area (Å²) in [5, 5.41) is 26.2. The fraction of sp³-hybridized carbons (Fsp3) is 0.577. The Kier molecular flexibility index (Phi) is 5.13. The number of allylic oxidation sites excluding steroid dienone is 2. The highest BCUT2D eigenvalue weighted by Crippen LogP contribution is 2.64. The lowest BCUT2D eigenvalue weighted by Crippen LogP contribution is -2.52. The maximum absolute atomic E-state index is 11.1. The van der Waals surface area contributed by atoms with E-state index in [1.54, 1.807) is 12.1 Å². The molecular formula is C26H30N2O4. The van der Waals surface area contributed by atoms with E-state index in [1.807, 2.05) is 0 Å². The molecule has 0 saturated heterocycles. The van der Waals surface area contributed by atoms with Crippen LogP contribution in [-0.4, -0.2) is 21.3 Å². The van der Waals surface area contributed by atoms with Crippen molar-refractivity contribution in [2.24, 2.45) is 34.2 Å². The van der Waals surface area contributed by atoms with E-state index in [0.717, 1.165) is 57.1 Å². The van der Waals surface area contributed by atoms with Gasteiger partial charge >= 0.3 is 0 Å². The highest BCUT2D eigenvalue weighted by molar-refractivity contribution is 5.96. The molecule has 3 fully saturated rings.